The van der Waals surface area contributed by atoms with Gasteiger partial charge in [-0.3, -0.25) is 4.79 Å². The maximum absolute atomic E-state index is 13.9. The fourth-order valence-corrected chi connectivity index (χ4v) is 5.72. The number of fused-ring (bicyclic) bond motifs is 1. The van der Waals surface area contributed by atoms with E-state index < -0.39 is 0 Å². The third-order valence-corrected chi connectivity index (χ3v) is 7.54. The molecule has 3 aromatic carbocycles. The number of ketones is 1. The lowest BCUT2D eigenvalue weighted by atomic mass is 9.73. The van der Waals surface area contributed by atoms with Crippen molar-refractivity contribution in [1.29, 1.82) is 0 Å². The van der Waals surface area contributed by atoms with Crippen LogP contribution in [0.4, 0.5) is 17.1 Å². The lowest BCUT2D eigenvalue weighted by Crippen LogP contribution is -2.41. The van der Waals surface area contributed by atoms with Crippen molar-refractivity contribution in [3.63, 3.8) is 0 Å². The Morgan fingerprint density at radius 1 is 0.946 bits per heavy atom. The van der Waals surface area contributed by atoms with E-state index in [4.69, 9.17) is 12.2 Å². The zero-order chi connectivity index (χ0) is 26.4. The number of nitrogens with one attached hydrogen (secondary N) is 2. The summed E-state index contributed by atoms with van der Waals surface area (Å²) in [5.74, 6) is 0.170. The van der Waals surface area contributed by atoms with Crippen LogP contribution in [-0.2, 0) is 10.2 Å². The number of carbonyl (C=O) groups excluding carboxylic acids is 1. The zero-order valence-electron chi connectivity index (χ0n) is 22.3. The van der Waals surface area contributed by atoms with Gasteiger partial charge in [-0.2, -0.15) is 0 Å². The molecule has 1 heterocycles. The van der Waals surface area contributed by atoms with Crippen LogP contribution < -0.4 is 15.5 Å². The number of para-hydroxylation sites is 3. The Kier molecular flexibility index (Phi) is 6.45. The SMILES string of the molecule is CC1(C)CC(=O)C2=C(C1)Nc1ccccc1N(C(=S)Nc1ccccc1)[C@H]2c1ccc(C(C)(C)C)cc1. The van der Waals surface area contributed by atoms with Crippen molar-refractivity contribution in [1.82, 2.24) is 0 Å². The molecule has 0 spiro atoms. The Bertz CT molecular complexity index is 1370. The average Bonchev–Trinajstić information content (AvgIpc) is 2.98. The van der Waals surface area contributed by atoms with Crippen LogP contribution in [0.3, 0.4) is 0 Å². The summed E-state index contributed by atoms with van der Waals surface area (Å²) in [4.78, 5) is 16.0. The summed E-state index contributed by atoms with van der Waals surface area (Å²) >= 11 is 6.09. The van der Waals surface area contributed by atoms with Crippen LogP contribution in [0.5, 0.6) is 0 Å². The molecule has 0 amide bonds. The maximum Gasteiger partial charge on any atom is 0.178 e. The summed E-state index contributed by atoms with van der Waals surface area (Å²) in [6.45, 7) is 11.0. The number of anilines is 3. The lowest BCUT2D eigenvalue weighted by Gasteiger charge is -2.38. The molecule has 1 aliphatic carbocycles. The van der Waals surface area contributed by atoms with Crippen LogP contribution in [0.1, 0.15) is 64.6 Å². The van der Waals surface area contributed by atoms with Gasteiger partial charge in [-0.25, -0.2) is 0 Å². The van der Waals surface area contributed by atoms with E-state index in [1.165, 1.54) is 5.56 Å². The molecule has 190 valence electrons. The number of Topliss-reactive ketones (excluding diaryl/α,β-unsaturated/α-hetero) is 1. The summed E-state index contributed by atoms with van der Waals surface area (Å²) in [5, 5.41) is 7.65. The van der Waals surface area contributed by atoms with Gasteiger partial charge in [0.05, 0.1) is 17.4 Å². The molecule has 2 N–H and O–H groups in total. The minimum atomic E-state index is -0.354. The molecule has 3 aromatic rings. The van der Waals surface area contributed by atoms with Gasteiger partial charge in [0.25, 0.3) is 0 Å². The number of rotatable bonds is 2. The fourth-order valence-electron chi connectivity index (χ4n) is 5.40. The number of allylic oxidation sites excluding steroid dienone is 1. The quantitative estimate of drug-likeness (QED) is 0.343. The second-order valence-corrected chi connectivity index (χ2v) is 12.3. The van der Waals surface area contributed by atoms with Gasteiger partial charge >= 0.3 is 0 Å². The Morgan fingerprint density at radius 2 is 1.59 bits per heavy atom. The lowest BCUT2D eigenvalue weighted by molar-refractivity contribution is -0.118. The first-order valence-electron chi connectivity index (χ1n) is 12.9. The molecule has 37 heavy (non-hydrogen) atoms. The van der Waals surface area contributed by atoms with E-state index in [1.807, 2.05) is 42.5 Å². The predicted molar refractivity (Wildman–Crippen MR) is 158 cm³/mol. The van der Waals surface area contributed by atoms with Crippen molar-refractivity contribution in [2.75, 3.05) is 15.5 Å². The molecule has 0 bridgehead atoms. The standard InChI is InChI=1S/C32H35N3OS/c1-31(2,3)22-17-15-21(16-18-22)29-28-25(19-32(4,5)20-27(28)36)34-24-13-9-10-14-26(24)35(29)30(37)33-23-11-7-6-8-12-23/h6-18,29,34H,19-20H2,1-5H3,(H,33,37)/t29-/m0/s1. The highest BCUT2D eigenvalue weighted by Crippen LogP contribution is 2.48. The van der Waals surface area contributed by atoms with E-state index in [2.05, 4.69) is 86.6 Å². The third kappa shape index (κ3) is 5.05. The molecule has 0 unspecified atom stereocenters. The van der Waals surface area contributed by atoms with Gasteiger partial charge in [-0.1, -0.05) is 89.2 Å². The van der Waals surface area contributed by atoms with Crippen molar-refractivity contribution in [3.05, 3.63) is 101 Å². The first-order valence-corrected chi connectivity index (χ1v) is 13.3. The molecule has 0 fully saturated rings. The Labute approximate surface area is 225 Å². The first kappa shape index (κ1) is 25.2. The molecule has 1 atom stereocenters. The van der Waals surface area contributed by atoms with Crippen LogP contribution in [0.2, 0.25) is 0 Å². The minimum absolute atomic E-state index is 0.0368. The van der Waals surface area contributed by atoms with Gasteiger partial charge < -0.3 is 15.5 Å². The number of carbonyl (C=O) groups is 1. The number of benzene rings is 3. The molecule has 5 heteroatoms. The monoisotopic (exact) mass is 509 g/mol. The predicted octanol–water partition coefficient (Wildman–Crippen LogP) is 8.00. The maximum atomic E-state index is 13.9. The van der Waals surface area contributed by atoms with Crippen molar-refractivity contribution >= 4 is 40.2 Å². The van der Waals surface area contributed by atoms with E-state index >= 15 is 0 Å². The molecule has 4 nitrogen and oxygen atoms in total. The molecule has 0 aromatic heterocycles. The van der Waals surface area contributed by atoms with E-state index in [0.717, 1.165) is 40.3 Å². The van der Waals surface area contributed by atoms with Crippen LogP contribution in [0.25, 0.3) is 0 Å². The summed E-state index contributed by atoms with van der Waals surface area (Å²) in [5.41, 5.74) is 6.82. The van der Waals surface area contributed by atoms with Crippen LogP contribution in [0, 0.1) is 5.41 Å². The molecule has 0 saturated heterocycles. The Morgan fingerprint density at radius 3 is 2.27 bits per heavy atom. The van der Waals surface area contributed by atoms with Gasteiger partial charge in [0.2, 0.25) is 0 Å². The highest BCUT2D eigenvalue weighted by Gasteiger charge is 2.42. The molecule has 1 aliphatic heterocycles. The summed E-state index contributed by atoms with van der Waals surface area (Å²) in [6, 6.07) is 26.5. The summed E-state index contributed by atoms with van der Waals surface area (Å²) < 4.78 is 0. The first-order chi connectivity index (χ1) is 17.5. The van der Waals surface area contributed by atoms with E-state index in [9.17, 15) is 4.79 Å². The normalized spacial score (nSPS) is 18.9. The van der Waals surface area contributed by atoms with Gasteiger partial charge in [-0.05, 0) is 64.9 Å². The summed E-state index contributed by atoms with van der Waals surface area (Å²) in [7, 11) is 0. The highest BCUT2D eigenvalue weighted by molar-refractivity contribution is 7.80. The number of thiocarbonyl (C=S) groups is 1. The molecular formula is C32H35N3OS. The zero-order valence-corrected chi connectivity index (χ0v) is 23.1. The van der Waals surface area contributed by atoms with Crippen molar-refractivity contribution in [3.8, 4) is 0 Å². The van der Waals surface area contributed by atoms with Crippen LogP contribution in [0.15, 0.2) is 90.1 Å². The van der Waals surface area contributed by atoms with E-state index in [1.54, 1.807) is 0 Å². The highest BCUT2D eigenvalue weighted by atomic mass is 32.1. The van der Waals surface area contributed by atoms with Crippen LogP contribution in [-0.4, -0.2) is 10.9 Å². The fraction of sp³-hybridized carbons (Fsp3) is 0.312. The summed E-state index contributed by atoms with van der Waals surface area (Å²) in [6.07, 6.45) is 1.30. The van der Waals surface area contributed by atoms with Gasteiger partial charge in [0.1, 0.15) is 0 Å². The number of hydrogen-bond donors (Lipinski definition) is 2. The molecule has 5 rings (SSSR count). The second kappa shape index (κ2) is 9.46. The van der Waals surface area contributed by atoms with Gasteiger partial charge in [-0.15, -0.1) is 0 Å². The number of hydrogen-bond acceptors (Lipinski definition) is 3. The Hall–Kier alpha value is -3.44. The van der Waals surface area contributed by atoms with E-state index in [0.29, 0.717) is 11.5 Å². The Balaban J connectivity index is 1.71. The van der Waals surface area contributed by atoms with Gasteiger partial charge in [0.15, 0.2) is 10.9 Å². The van der Waals surface area contributed by atoms with Crippen LogP contribution >= 0.6 is 12.2 Å². The molecule has 0 radical (unpaired) electrons. The van der Waals surface area contributed by atoms with E-state index in [-0.39, 0.29) is 22.7 Å². The molecule has 0 saturated carbocycles. The van der Waals surface area contributed by atoms with Crippen molar-refractivity contribution < 1.29 is 4.79 Å². The minimum Gasteiger partial charge on any atom is -0.357 e. The number of nitrogens with zero attached hydrogens (tertiary/aromatic N) is 1. The topological polar surface area (TPSA) is 44.4 Å². The smallest absolute Gasteiger partial charge is 0.178 e. The largest absolute Gasteiger partial charge is 0.357 e. The molecule has 2 aliphatic rings. The molecular weight excluding hydrogens is 474 g/mol. The third-order valence-electron chi connectivity index (χ3n) is 7.24. The average molecular weight is 510 g/mol. The van der Waals surface area contributed by atoms with Crippen molar-refractivity contribution in [2.24, 2.45) is 5.41 Å². The second-order valence-electron chi connectivity index (χ2n) is 11.9. The van der Waals surface area contributed by atoms with Gasteiger partial charge in [0, 0.05) is 23.4 Å². The van der Waals surface area contributed by atoms with Crippen molar-refractivity contribution in [2.45, 2.75) is 58.9 Å².